The summed E-state index contributed by atoms with van der Waals surface area (Å²) >= 11 is 0. The lowest BCUT2D eigenvalue weighted by Gasteiger charge is -2.13. The van der Waals surface area contributed by atoms with Crippen molar-refractivity contribution in [1.29, 1.82) is 0 Å². The number of anilines is 3. The van der Waals surface area contributed by atoms with Crippen molar-refractivity contribution in [3.8, 4) is 16.9 Å². The van der Waals surface area contributed by atoms with Crippen molar-refractivity contribution in [1.82, 2.24) is 14.6 Å². The number of benzene rings is 4. The van der Waals surface area contributed by atoms with Crippen LogP contribution in [0.5, 0.6) is 5.75 Å². The summed E-state index contributed by atoms with van der Waals surface area (Å²) in [6.07, 6.45) is 2.97. The Labute approximate surface area is 300 Å². The Morgan fingerprint density at radius 2 is 1.48 bits per heavy atom. The standard InChI is InChI=1S/C29H26FN5O4S.C7H8O3S.H2O/c1-18(19-4-9-22(30)10-5-19)28(36)31-23-11-6-20(7-12-23)21-8-15-27-33-29(34-35(27)17-21)32-25-14-13-24(40(3,37)38)16-26(25)39-2;1-6-2-4-7(5-3-6)11(8,9)10;/h4-18H,1-3H3,(H,31,36)(H,32,34);2-5H,1H3,(H,8,9,10);1H2. The number of carbonyl (C=O) groups is 1. The SMILES string of the molecule is COc1cc(S(C)(=O)=O)ccc1Nc1nc2ccc(-c3ccc(NC(=O)C(C)c4ccc(F)cc4)cc3)cn2n1.Cc1ccc(S(=O)(=O)O)cc1.O. The quantitative estimate of drug-likeness (QED) is 0.151. The molecule has 2 aromatic heterocycles. The highest BCUT2D eigenvalue weighted by Crippen LogP contribution is 2.30. The minimum Gasteiger partial charge on any atom is -0.495 e. The Morgan fingerprint density at radius 3 is 2.08 bits per heavy atom. The van der Waals surface area contributed by atoms with Crippen LogP contribution in [0.4, 0.5) is 21.7 Å². The molecule has 52 heavy (non-hydrogen) atoms. The van der Waals surface area contributed by atoms with Crippen molar-refractivity contribution < 1.29 is 40.8 Å². The van der Waals surface area contributed by atoms with Crippen molar-refractivity contribution in [3.63, 3.8) is 0 Å². The average Bonchev–Trinajstić information content (AvgIpc) is 3.50. The number of halogens is 1. The van der Waals surface area contributed by atoms with Crippen LogP contribution in [0.15, 0.2) is 119 Å². The maximum atomic E-state index is 13.2. The number of hydrogen-bond acceptors (Lipinski definition) is 9. The molecule has 13 nitrogen and oxygen atoms in total. The molecule has 0 fully saturated rings. The smallest absolute Gasteiger partial charge is 0.294 e. The van der Waals surface area contributed by atoms with E-state index in [1.165, 1.54) is 43.5 Å². The maximum absolute atomic E-state index is 13.2. The molecule has 0 saturated carbocycles. The van der Waals surface area contributed by atoms with Crippen molar-refractivity contribution in [2.24, 2.45) is 0 Å². The monoisotopic (exact) mass is 749 g/mol. The van der Waals surface area contributed by atoms with E-state index in [9.17, 15) is 26.0 Å². The van der Waals surface area contributed by atoms with E-state index in [4.69, 9.17) is 9.29 Å². The third-order valence-electron chi connectivity index (χ3n) is 7.75. The molecule has 0 bridgehead atoms. The van der Waals surface area contributed by atoms with E-state index in [0.29, 0.717) is 28.7 Å². The number of aromatic nitrogens is 3. The van der Waals surface area contributed by atoms with Gasteiger partial charge >= 0.3 is 0 Å². The van der Waals surface area contributed by atoms with Gasteiger partial charge in [0.15, 0.2) is 15.5 Å². The van der Waals surface area contributed by atoms with Crippen LogP contribution in [-0.4, -0.2) is 60.7 Å². The van der Waals surface area contributed by atoms with Crippen LogP contribution in [0.2, 0.25) is 0 Å². The number of rotatable bonds is 9. The van der Waals surface area contributed by atoms with E-state index in [1.54, 1.807) is 41.8 Å². The van der Waals surface area contributed by atoms with Crippen LogP contribution in [0.1, 0.15) is 24.0 Å². The topological polar surface area (TPSA) is 201 Å². The first-order valence-electron chi connectivity index (χ1n) is 15.3. The number of hydrogen-bond donors (Lipinski definition) is 3. The summed E-state index contributed by atoms with van der Waals surface area (Å²) in [5.74, 6) is -0.302. The number of amides is 1. The Morgan fingerprint density at radius 1 is 0.865 bits per heavy atom. The first-order valence-corrected chi connectivity index (χ1v) is 18.7. The molecule has 4 aromatic carbocycles. The van der Waals surface area contributed by atoms with Crippen LogP contribution in [0, 0.1) is 12.7 Å². The molecule has 5 N–H and O–H groups in total. The number of sulfone groups is 1. The van der Waals surface area contributed by atoms with E-state index in [1.807, 2.05) is 49.5 Å². The van der Waals surface area contributed by atoms with Gasteiger partial charge in [0.25, 0.3) is 10.1 Å². The summed E-state index contributed by atoms with van der Waals surface area (Å²) < 4.78 is 73.4. The van der Waals surface area contributed by atoms with Gasteiger partial charge in [-0.15, -0.1) is 5.10 Å². The number of nitrogens with zero attached hydrogens (tertiary/aromatic N) is 3. The second-order valence-electron chi connectivity index (χ2n) is 11.5. The number of pyridine rings is 1. The molecular weight excluding hydrogens is 714 g/mol. The van der Waals surface area contributed by atoms with Crippen LogP contribution < -0.4 is 15.4 Å². The first-order chi connectivity index (χ1) is 24.1. The second kappa shape index (κ2) is 16.1. The van der Waals surface area contributed by atoms with Crippen molar-refractivity contribution in [2.75, 3.05) is 24.0 Å². The number of aryl methyl sites for hydroxylation is 1. The van der Waals surface area contributed by atoms with Gasteiger partial charge in [-0.2, -0.15) is 13.4 Å². The molecule has 1 amide bonds. The molecule has 0 aliphatic carbocycles. The molecule has 272 valence electrons. The summed E-state index contributed by atoms with van der Waals surface area (Å²) in [6.45, 7) is 3.61. The fourth-order valence-electron chi connectivity index (χ4n) is 4.84. The highest BCUT2D eigenvalue weighted by Gasteiger charge is 2.16. The molecule has 1 unspecified atom stereocenters. The van der Waals surface area contributed by atoms with Gasteiger partial charge in [0.2, 0.25) is 11.9 Å². The largest absolute Gasteiger partial charge is 0.495 e. The fourth-order valence-corrected chi connectivity index (χ4v) is 5.96. The van der Waals surface area contributed by atoms with Gasteiger partial charge in [0.05, 0.1) is 28.5 Å². The lowest BCUT2D eigenvalue weighted by atomic mass is 10.00. The molecular formula is C36H36FN5O8S2. The van der Waals surface area contributed by atoms with Crippen LogP contribution in [-0.2, 0) is 24.7 Å². The number of fused-ring (bicyclic) bond motifs is 1. The summed E-state index contributed by atoms with van der Waals surface area (Å²) in [5.41, 5.74) is 5.26. The van der Waals surface area contributed by atoms with Crippen molar-refractivity contribution >= 4 is 48.8 Å². The van der Waals surface area contributed by atoms with E-state index in [-0.39, 0.29) is 27.0 Å². The normalized spacial score (nSPS) is 11.8. The van der Waals surface area contributed by atoms with Crippen LogP contribution in [0.25, 0.3) is 16.8 Å². The molecule has 0 radical (unpaired) electrons. The Balaban J connectivity index is 0.000000433. The third-order valence-corrected chi connectivity index (χ3v) is 9.72. The summed E-state index contributed by atoms with van der Waals surface area (Å²) in [6, 6.07) is 27.6. The molecule has 1 atom stereocenters. The van der Waals surface area contributed by atoms with E-state index < -0.39 is 25.9 Å². The minimum absolute atomic E-state index is 0. The Kier molecular flexibility index (Phi) is 12.1. The highest BCUT2D eigenvalue weighted by molar-refractivity contribution is 7.90. The average molecular weight is 750 g/mol. The molecule has 16 heteroatoms. The predicted octanol–water partition coefficient (Wildman–Crippen LogP) is 5.85. The lowest BCUT2D eigenvalue weighted by molar-refractivity contribution is -0.117. The first kappa shape index (κ1) is 39.1. The lowest BCUT2D eigenvalue weighted by Crippen LogP contribution is -2.18. The van der Waals surface area contributed by atoms with Gasteiger partial charge in [0, 0.05) is 29.8 Å². The molecule has 0 aliphatic rings. The fraction of sp³-hybridized carbons (Fsp3) is 0.139. The van der Waals surface area contributed by atoms with Gasteiger partial charge < -0.3 is 20.8 Å². The summed E-state index contributed by atoms with van der Waals surface area (Å²) in [5, 5.41) is 10.5. The van der Waals surface area contributed by atoms with Gasteiger partial charge in [-0.25, -0.2) is 17.3 Å². The highest BCUT2D eigenvalue weighted by atomic mass is 32.2. The van der Waals surface area contributed by atoms with E-state index in [2.05, 4.69) is 20.7 Å². The zero-order valence-electron chi connectivity index (χ0n) is 28.4. The van der Waals surface area contributed by atoms with Gasteiger partial charge in [-0.1, -0.05) is 42.0 Å². The molecule has 0 saturated heterocycles. The minimum atomic E-state index is -4.02. The van der Waals surface area contributed by atoms with Crippen LogP contribution >= 0.6 is 0 Å². The predicted molar refractivity (Wildman–Crippen MR) is 196 cm³/mol. The number of ether oxygens (including phenoxy) is 1. The van der Waals surface area contributed by atoms with Gasteiger partial charge in [-0.3, -0.25) is 9.35 Å². The van der Waals surface area contributed by atoms with Gasteiger partial charge in [0.1, 0.15) is 11.6 Å². The molecule has 0 spiro atoms. The van der Waals surface area contributed by atoms with Crippen molar-refractivity contribution in [3.05, 3.63) is 126 Å². The van der Waals surface area contributed by atoms with Crippen molar-refractivity contribution in [2.45, 2.75) is 29.6 Å². The van der Waals surface area contributed by atoms with E-state index >= 15 is 0 Å². The number of methoxy groups -OCH3 is 1. The van der Waals surface area contributed by atoms with E-state index in [0.717, 1.165) is 28.5 Å². The molecule has 6 aromatic rings. The zero-order valence-corrected chi connectivity index (χ0v) is 30.0. The molecule has 0 aliphatic heterocycles. The number of nitrogens with one attached hydrogen (secondary N) is 2. The molecule has 2 heterocycles. The van der Waals surface area contributed by atoms with Crippen LogP contribution in [0.3, 0.4) is 0 Å². The maximum Gasteiger partial charge on any atom is 0.294 e. The summed E-state index contributed by atoms with van der Waals surface area (Å²) in [4.78, 5) is 17.2. The molecule has 6 rings (SSSR count). The number of carbonyl (C=O) groups excluding carboxylic acids is 1. The summed E-state index contributed by atoms with van der Waals surface area (Å²) in [7, 11) is -5.94. The Hall–Kier alpha value is -5.68. The van der Waals surface area contributed by atoms with Gasteiger partial charge in [-0.05, 0) is 85.6 Å². The zero-order chi connectivity index (χ0) is 36.9. The third kappa shape index (κ3) is 9.76. The second-order valence-corrected chi connectivity index (χ2v) is 15.0. The Bertz CT molecular complexity index is 2400.